The number of rotatable bonds is 7. The van der Waals surface area contributed by atoms with Gasteiger partial charge in [0.2, 0.25) is 0 Å². The molecule has 1 fully saturated rings. The Balaban J connectivity index is 1.84. The smallest absolute Gasteiger partial charge is 0.416 e. The maximum atomic E-state index is 12.9. The summed E-state index contributed by atoms with van der Waals surface area (Å²) < 4.78 is 44.3. The van der Waals surface area contributed by atoms with E-state index < -0.39 is 42.0 Å². The number of alkyl halides is 3. The van der Waals surface area contributed by atoms with Crippen LogP contribution < -0.4 is 0 Å². The van der Waals surface area contributed by atoms with Gasteiger partial charge in [0.05, 0.1) is 10.5 Å². The van der Waals surface area contributed by atoms with Gasteiger partial charge in [0.15, 0.2) is 0 Å². The van der Waals surface area contributed by atoms with Gasteiger partial charge in [-0.05, 0) is 30.7 Å². The summed E-state index contributed by atoms with van der Waals surface area (Å²) in [6.07, 6.45) is -4.01. The second kappa shape index (κ2) is 9.17. The minimum Gasteiger partial charge on any atom is -0.481 e. The molecule has 7 nitrogen and oxygen atoms in total. The molecule has 0 bridgehead atoms. The van der Waals surface area contributed by atoms with E-state index in [9.17, 15) is 32.7 Å². The lowest BCUT2D eigenvalue weighted by atomic mass is 10.1. The normalized spacial score (nSPS) is 16.6. The summed E-state index contributed by atoms with van der Waals surface area (Å²) >= 11 is 5.91. The number of carboxylic acids is 2. The maximum absolute atomic E-state index is 12.9. The molecule has 0 unspecified atom stereocenters. The van der Waals surface area contributed by atoms with Gasteiger partial charge in [0.1, 0.15) is 21.9 Å². The summed E-state index contributed by atoms with van der Waals surface area (Å²) in [6.45, 7) is 0. The Kier molecular flexibility index (Phi) is 6.74. The number of furan rings is 1. The Labute approximate surface area is 188 Å². The number of halogens is 3. The molecule has 2 aromatic rings. The van der Waals surface area contributed by atoms with Crippen LogP contribution in [0, 0.1) is 0 Å². The van der Waals surface area contributed by atoms with E-state index in [1.165, 1.54) is 30.3 Å². The van der Waals surface area contributed by atoms with Crippen LogP contribution in [0.2, 0.25) is 0 Å². The van der Waals surface area contributed by atoms with E-state index in [1.807, 2.05) is 0 Å². The molecule has 1 aliphatic rings. The van der Waals surface area contributed by atoms with Crippen LogP contribution >= 0.6 is 24.0 Å². The SMILES string of the molecule is O=C(O)CC[C@@H](C(=O)O)N1C(=O)/C(=C/c2ccc(-c3cccc(C(F)(F)F)c3)o2)SC1=S. The van der Waals surface area contributed by atoms with Crippen molar-refractivity contribution in [3.63, 3.8) is 0 Å². The molecular formula is C20H14F3NO6S2. The largest absolute Gasteiger partial charge is 0.481 e. The highest BCUT2D eigenvalue weighted by Crippen LogP contribution is 2.36. The van der Waals surface area contributed by atoms with Crippen molar-refractivity contribution in [2.75, 3.05) is 0 Å². The first-order valence-corrected chi connectivity index (χ1v) is 10.2. The van der Waals surface area contributed by atoms with E-state index in [2.05, 4.69) is 0 Å². The van der Waals surface area contributed by atoms with Crippen molar-refractivity contribution in [3.8, 4) is 11.3 Å². The molecule has 0 spiro atoms. The first-order valence-electron chi connectivity index (χ1n) is 8.96. The van der Waals surface area contributed by atoms with Gasteiger partial charge in [-0.25, -0.2) is 4.79 Å². The quantitative estimate of drug-likeness (QED) is 0.437. The number of thiocarbonyl (C=S) groups is 1. The number of thioether (sulfide) groups is 1. The Bertz CT molecular complexity index is 1120. The Morgan fingerprint density at radius 3 is 2.56 bits per heavy atom. The second-order valence-electron chi connectivity index (χ2n) is 6.62. The van der Waals surface area contributed by atoms with Crippen molar-refractivity contribution in [3.05, 3.63) is 52.6 Å². The van der Waals surface area contributed by atoms with Crippen LogP contribution in [0.15, 0.2) is 45.7 Å². The van der Waals surface area contributed by atoms with Crippen LogP contribution in [0.5, 0.6) is 0 Å². The second-order valence-corrected chi connectivity index (χ2v) is 8.29. The van der Waals surface area contributed by atoms with Crippen molar-refractivity contribution in [2.24, 2.45) is 0 Å². The van der Waals surface area contributed by atoms with Crippen LogP contribution in [-0.2, 0) is 20.6 Å². The molecular weight excluding hydrogens is 471 g/mol. The maximum Gasteiger partial charge on any atom is 0.416 e. The molecule has 2 N–H and O–H groups in total. The molecule has 1 aromatic carbocycles. The summed E-state index contributed by atoms with van der Waals surface area (Å²) in [5.41, 5.74) is -0.651. The van der Waals surface area contributed by atoms with Gasteiger partial charge in [-0.2, -0.15) is 13.2 Å². The molecule has 0 radical (unpaired) electrons. The molecule has 168 valence electrons. The average molecular weight is 485 g/mol. The van der Waals surface area contributed by atoms with E-state index in [4.69, 9.17) is 21.7 Å². The minimum absolute atomic E-state index is 0.0431. The van der Waals surface area contributed by atoms with Crippen LogP contribution in [-0.4, -0.2) is 43.3 Å². The van der Waals surface area contributed by atoms with E-state index >= 15 is 0 Å². The lowest BCUT2D eigenvalue weighted by Gasteiger charge is -2.22. The van der Waals surface area contributed by atoms with Crippen molar-refractivity contribution in [1.82, 2.24) is 4.90 Å². The summed E-state index contributed by atoms with van der Waals surface area (Å²) in [5, 5.41) is 18.2. The van der Waals surface area contributed by atoms with E-state index in [-0.39, 0.29) is 32.7 Å². The number of benzene rings is 1. The number of aliphatic carboxylic acids is 2. The number of nitrogens with zero attached hydrogens (tertiary/aromatic N) is 1. The highest BCUT2D eigenvalue weighted by Gasteiger charge is 2.40. The zero-order chi connectivity index (χ0) is 23.6. The van der Waals surface area contributed by atoms with Gasteiger partial charge in [0, 0.05) is 18.1 Å². The predicted molar refractivity (Wildman–Crippen MR) is 112 cm³/mol. The molecule has 1 aromatic heterocycles. The Morgan fingerprint density at radius 2 is 1.94 bits per heavy atom. The van der Waals surface area contributed by atoms with Crippen LogP contribution in [0.25, 0.3) is 17.4 Å². The van der Waals surface area contributed by atoms with Gasteiger partial charge < -0.3 is 14.6 Å². The summed E-state index contributed by atoms with van der Waals surface area (Å²) in [5.74, 6) is -3.04. The first kappa shape index (κ1) is 23.5. The monoisotopic (exact) mass is 485 g/mol. The number of carboxylic acid groups (broad SMARTS) is 2. The van der Waals surface area contributed by atoms with Gasteiger partial charge in [-0.3, -0.25) is 14.5 Å². The fourth-order valence-electron chi connectivity index (χ4n) is 2.94. The predicted octanol–water partition coefficient (Wildman–Crippen LogP) is 4.48. The third kappa shape index (κ3) is 5.19. The lowest BCUT2D eigenvalue weighted by molar-refractivity contribution is -0.146. The molecule has 1 atom stereocenters. The molecule has 1 amide bonds. The summed E-state index contributed by atoms with van der Waals surface area (Å²) in [4.78, 5) is 35.9. The summed E-state index contributed by atoms with van der Waals surface area (Å²) in [7, 11) is 0. The number of hydrogen-bond acceptors (Lipinski definition) is 6. The fraction of sp³-hybridized carbons (Fsp3) is 0.200. The Hall–Kier alpha value is -3.12. The summed E-state index contributed by atoms with van der Waals surface area (Å²) in [6, 6.07) is 5.99. The first-order chi connectivity index (χ1) is 15.0. The number of hydrogen-bond donors (Lipinski definition) is 2. The standard InChI is InChI=1S/C20H14F3NO6S2/c21-20(22,23)11-3-1-2-10(8-11)14-6-4-12(30-14)9-15-17(27)24(19(31)32-15)13(18(28)29)5-7-16(25)26/h1-4,6,8-9,13H,5,7H2,(H,25,26)(H,28,29)/b15-9-/t13-/m0/s1. The molecule has 2 heterocycles. The van der Waals surface area contributed by atoms with Gasteiger partial charge in [-0.1, -0.05) is 36.1 Å². The highest BCUT2D eigenvalue weighted by atomic mass is 32.2. The molecule has 1 aliphatic heterocycles. The van der Waals surface area contributed by atoms with Crippen molar-refractivity contribution in [2.45, 2.75) is 25.1 Å². The molecule has 0 saturated carbocycles. The Morgan fingerprint density at radius 1 is 1.22 bits per heavy atom. The molecule has 3 rings (SSSR count). The molecule has 0 aliphatic carbocycles. The van der Waals surface area contributed by atoms with Crippen molar-refractivity contribution < 1.29 is 42.2 Å². The van der Waals surface area contributed by atoms with Crippen molar-refractivity contribution >= 4 is 52.2 Å². The average Bonchev–Trinajstić information content (AvgIpc) is 3.27. The fourth-order valence-corrected chi connectivity index (χ4v) is 4.27. The minimum atomic E-state index is -4.51. The zero-order valence-corrected chi connectivity index (χ0v) is 17.6. The van der Waals surface area contributed by atoms with Crippen LogP contribution in [0.4, 0.5) is 13.2 Å². The van der Waals surface area contributed by atoms with E-state index in [1.54, 1.807) is 0 Å². The zero-order valence-electron chi connectivity index (χ0n) is 16.0. The molecule has 32 heavy (non-hydrogen) atoms. The van der Waals surface area contributed by atoms with Gasteiger partial charge in [0.25, 0.3) is 5.91 Å². The van der Waals surface area contributed by atoms with Gasteiger partial charge in [-0.15, -0.1) is 0 Å². The molecule has 12 heteroatoms. The lowest BCUT2D eigenvalue weighted by Crippen LogP contribution is -2.44. The van der Waals surface area contributed by atoms with Crippen LogP contribution in [0.1, 0.15) is 24.2 Å². The third-order valence-electron chi connectivity index (χ3n) is 4.43. The number of carbonyl (C=O) groups excluding carboxylic acids is 1. The van der Waals surface area contributed by atoms with Gasteiger partial charge >= 0.3 is 18.1 Å². The number of amides is 1. The third-order valence-corrected chi connectivity index (χ3v) is 5.76. The molecule has 1 saturated heterocycles. The topological polar surface area (TPSA) is 108 Å². The number of carbonyl (C=O) groups is 3. The van der Waals surface area contributed by atoms with E-state index in [0.717, 1.165) is 28.8 Å². The van der Waals surface area contributed by atoms with Crippen LogP contribution in [0.3, 0.4) is 0 Å². The van der Waals surface area contributed by atoms with E-state index in [0.29, 0.717) is 0 Å². The highest BCUT2D eigenvalue weighted by molar-refractivity contribution is 8.26. The van der Waals surface area contributed by atoms with Crippen molar-refractivity contribution in [1.29, 1.82) is 0 Å².